The molecule has 5 heteroatoms. The van der Waals surface area contributed by atoms with Gasteiger partial charge in [0.15, 0.2) is 6.61 Å². The van der Waals surface area contributed by atoms with Crippen LogP contribution in [-0.2, 0) is 11.3 Å². The molecule has 0 aromatic heterocycles. The molecule has 0 saturated carbocycles. The third-order valence-corrected chi connectivity index (χ3v) is 2.51. The van der Waals surface area contributed by atoms with E-state index in [0.717, 1.165) is 5.56 Å². The predicted octanol–water partition coefficient (Wildman–Crippen LogP) is 0.896. The summed E-state index contributed by atoms with van der Waals surface area (Å²) < 4.78 is 5.35. The van der Waals surface area contributed by atoms with Crippen LogP contribution < -0.4 is 10.5 Å². The molecule has 0 fully saturated rings. The van der Waals surface area contributed by atoms with Crippen LogP contribution in [0.4, 0.5) is 0 Å². The van der Waals surface area contributed by atoms with E-state index in [-0.39, 0.29) is 12.5 Å². The number of nitriles is 1. The van der Waals surface area contributed by atoms with E-state index in [9.17, 15) is 4.79 Å². The molecule has 0 heterocycles. The molecule has 2 N–H and O–H groups in total. The third-order valence-electron chi connectivity index (χ3n) is 2.51. The lowest BCUT2D eigenvalue weighted by atomic mass is 10.2. The fourth-order valence-electron chi connectivity index (χ4n) is 1.32. The van der Waals surface area contributed by atoms with Crippen molar-refractivity contribution in [2.75, 3.05) is 20.2 Å². The van der Waals surface area contributed by atoms with Gasteiger partial charge in [-0.25, -0.2) is 0 Å². The van der Waals surface area contributed by atoms with Gasteiger partial charge < -0.3 is 15.4 Å². The van der Waals surface area contributed by atoms with Crippen molar-refractivity contribution in [3.05, 3.63) is 29.8 Å². The van der Waals surface area contributed by atoms with Gasteiger partial charge in [0.2, 0.25) is 0 Å². The zero-order valence-corrected chi connectivity index (χ0v) is 10.4. The number of nitrogens with two attached hydrogens (primary N) is 1. The van der Waals surface area contributed by atoms with Crippen molar-refractivity contribution >= 4 is 5.91 Å². The number of hydrogen-bond donors (Lipinski definition) is 1. The first kappa shape index (κ1) is 14.0. The topological polar surface area (TPSA) is 79.3 Å². The zero-order valence-electron chi connectivity index (χ0n) is 10.4. The molecule has 0 aliphatic heterocycles. The number of carbonyl (C=O) groups is 1. The van der Waals surface area contributed by atoms with Gasteiger partial charge in [-0.15, -0.1) is 0 Å². The minimum Gasteiger partial charge on any atom is -0.484 e. The zero-order chi connectivity index (χ0) is 13.4. The van der Waals surface area contributed by atoms with E-state index in [1.807, 2.05) is 18.2 Å². The second-order valence-corrected chi connectivity index (χ2v) is 3.86. The Hall–Kier alpha value is -2.06. The van der Waals surface area contributed by atoms with Crippen LogP contribution in [0, 0.1) is 11.3 Å². The van der Waals surface area contributed by atoms with Crippen molar-refractivity contribution in [1.29, 1.82) is 5.26 Å². The first-order valence-corrected chi connectivity index (χ1v) is 5.70. The number of rotatable bonds is 6. The highest BCUT2D eigenvalue weighted by Gasteiger charge is 2.08. The molecule has 0 radical (unpaired) electrons. The normalized spacial score (nSPS) is 9.61. The van der Waals surface area contributed by atoms with E-state index in [4.69, 9.17) is 15.7 Å². The monoisotopic (exact) mass is 247 g/mol. The smallest absolute Gasteiger partial charge is 0.260 e. The molecule has 1 rings (SSSR count). The predicted molar refractivity (Wildman–Crippen MR) is 67.7 cm³/mol. The standard InChI is InChI=1S/C13H17N3O2/c1-16(8-2-7-14)13(17)10-18-12-5-3-11(9-15)4-6-12/h3-6H,2,8-10,15H2,1H3. The van der Waals surface area contributed by atoms with Crippen LogP contribution >= 0.6 is 0 Å². The van der Waals surface area contributed by atoms with Gasteiger partial charge in [0.1, 0.15) is 5.75 Å². The summed E-state index contributed by atoms with van der Waals surface area (Å²) in [5.41, 5.74) is 6.49. The summed E-state index contributed by atoms with van der Waals surface area (Å²) in [6.07, 6.45) is 0.327. The first-order valence-electron chi connectivity index (χ1n) is 5.70. The molecule has 0 unspecified atom stereocenters. The molecule has 0 aliphatic rings. The Balaban J connectivity index is 2.39. The Morgan fingerprint density at radius 2 is 2.11 bits per heavy atom. The second kappa shape index (κ2) is 7.30. The summed E-state index contributed by atoms with van der Waals surface area (Å²) in [7, 11) is 1.65. The van der Waals surface area contributed by atoms with E-state index in [1.165, 1.54) is 4.90 Å². The number of likely N-dealkylation sites (N-methyl/N-ethyl adjacent to an activating group) is 1. The quantitative estimate of drug-likeness (QED) is 0.809. The van der Waals surface area contributed by atoms with Gasteiger partial charge in [-0.3, -0.25) is 4.79 Å². The Morgan fingerprint density at radius 3 is 2.67 bits per heavy atom. The molecule has 1 aromatic carbocycles. The lowest BCUT2D eigenvalue weighted by Gasteiger charge is -2.15. The van der Waals surface area contributed by atoms with Gasteiger partial charge in [-0.1, -0.05) is 12.1 Å². The summed E-state index contributed by atoms with van der Waals surface area (Å²) in [4.78, 5) is 13.1. The lowest BCUT2D eigenvalue weighted by molar-refractivity contribution is -0.131. The molecule has 0 atom stereocenters. The van der Waals surface area contributed by atoms with Crippen LogP contribution in [0.1, 0.15) is 12.0 Å². The van der Waals surface area contributed by atoms with Gasteiger partial charge in [0, 0.05) is 20.1 Å². The molecule has 1 amide bonds. The van der Waals surface area contributed by atoms with Gasteiger partial charge in [-0.2, -0.15) is 5.26 Å². The molecule has 0 saturated heterocycles. The highest BCUT2D eigenvalue weighted by molar-refractivity contribution is 5.77. The largest absolute Gasteiger partial charge is 0.484 e. The lowest BCUT2D eigenvalue weighted by Crippen LogP contribution is -2.32. The molecule has 1 aromatic rings. The number of hydrogen-bond acceptors (Lipinski definition) is 4. The van der Waals surface area contributed by atoms with Crippen molar-refractivity contribution in [2.45, 2.75) is 13.0 Å². The number of amides is 1. The van der Waals surface area contributed by atoms with Crippen LogP contribution in [-0.4, -0.2) is 31.0 Å². The van der Waals surface area contributed by atoms with Crippen LogP contribution in [0.25, 0.3) is 0 Å². The summed E-state index contributed by atoms with van der Waals surface area (Å²) >= 11 is 0. The minimum atomic E-state index is -0.145. The number of carbonyl (C=O) groups excluding carboxylic acids is 1. The average Bonchev–Trinajstić information content (AvgIpc) is 2.42. The fraction of sp³-hybridized carbons (Fsp3) is 0.385. The molecule has 0 aliphatic carbocycles. The molecule has 18 heavy (non-hydrogen) atoms. The second-order valence-electron chi connectivity index (χ2n) is 3.86. The maximum absolute atomic E-state index is 11.6. The first-order chi connectivity index (χ1) is 8.67. The summed E-state index contributed by atoms with van der Waals surface area (Å²) in [6, 6.07) is 9.28. The maximum atomic E-state index is 11.6. The Morgan fingerprint density at radius 1 is 1.44 bits per heavy atom. The van der Waals surface area contributed by atoms with Gasteiger partial charge in [-0.05, 0) is 17.7 Å². The average molecular weight is 247 g/mol. The Bertz CT molecular complexity index is 423. The highest BCUT2D eigenvalue weighted by Crippen LogP contribution is 2.11. The van der Waals surface area contributed by atoms with Crippen molar-refractivity contribution in [3.63, 3.8) is 0 Å². The van der Waals surface area contributed by atoms with Gasteiger partial charge in [0.25, 0.3) is 5.91 Å². The van der Waals surface area contributed by atoms with Crippen molar-refractivity contribution in [1.82, 2.24) is 4.90 Å². The number of ether oxygens (including phenoxy) is 1. The van der Waals surface area contributed by atoms with Gasteiger partial charge >= 0.3 is 0 Å². The van der Waals surface area contributed by atoms with Crippen LogP contribution in [0.2, 0.25) is 0 Å². The molecule has 0 bridgehead atoms. The molecular weight excluding hydrogens is 230 g/mol. The van der Waals surface area contributed by atoms with Crippen molar-refractivity contribution in [3.8, 4) is 11.8 Å². The molecule has 96 valence electrons. The van der Waals surface area contributed by atoms with Crippen LogP contribution in [0.15, 0.2) is 24.3 Å². The van der Waals surface area contributed by atoms with E-state index in [2.05, 4.69) is 0 Å². The van der Waals surface area contributed by atoms with E-state index in [1.54, 1.807) is 19.2 Å². The minimum absolute atomic E-state index is 0.0239. The van der Waals surface area contributed by atoms with Crippen molar-refractivity contribution < 1.29 is 9.53 Å². The summed E-state index contributed by atoms with van der Waals surface area (Å²) in [6.45, 7) is 0.880. The van der Waals surface area contributed by atoms with E-state index >= 15 is 0 Å². The molecule has 5 nitrogen and oxygen atoms in total. The highest BCUT2D eigenvalue weighted by atomic mass is 16.5. The Labute approximate surface area is 107 Å². The van der Waals surface area contributed by atoms with E-state index < -0.39 is 0 Å². The van der Waals surface area contributed by atoms with Crippen molar-refractivity contribution in [2.24, 2.45) is 5.73 Å². The SMILES string of the molecule is CN(CCC#N)C(=O)COc1ccc(CN)cc1. The molecule has 0 spiro atoms. The number of benzene rings is 1. The number of nitrogens with zero attached hydrogens (tertiary/aromatic N) is 2. The van der Waals surface area contributed by atoms with E-state index in [0.29, 0.717) is 25.3 Å². The Kier molecular flexibility index (Phi) is 5.68. The summed E-state index contributed by atoms with van der Waals surface area (Å²) in [5, 5.41) is 8.42. The third kappa shape index (κ3) is 4.44. The van der Waals surface area contributed by atoms with Gasteiger partial charge in [0.05, 0.1) is 12.5 Å². The maximum Gasteiger partial charge on any atom is 0.260 e. The molecular formula is C13H17N3O2. The summed E-state index contributed by atoms with van der Waals surface area (Å²) in [5.74, 6) is 0.488. The van der Waals surface area contributed by atoms with Crippen LogP contribution in [0.3, 0.4) is 0 Å². The fourth-order valence-corrected chi connectivity index (χ4v) is 1.32. The van der Waals surface area contributed by atoms with Crippen LogP contribution in [0.5, 0.6) is 5.75 Å².